The first-order chi connectivity index (χ1) is 6.89. The molecule has 0 saturated heterocycles. The number of thiazole rings is 1. The van der Waals surface area contributed by atoms with Crippen LogP contribution < -0.4 is 5.32 Å². The van der Waals surface area contributed by atoms with Gasteiger partial charge in [-0.2, -0.15) is 0 Å². The Kier molecular flexibility index (Phi) is 3.85. The van der Waals surface area contributed by atoms with Crippen molar-refractivity contribution in [2.24, 2.45) is 5.41 Å². The first-order valence-electron chi connectivity index (χ1n) is 5.09. The Hall–Kier alpha value is -0.900. The van der Waals surface area contributed by atoms with Crippen molar-refractivity contribution in [1.82, 2.24) is 10.3 Å². The van der Waals surface area contributed by atoms with Crippen LogP contribution in [0.15, 0.2) is 6.20 Å². The van der Waals surface area contributed by atoms with Crippen LogP contribution in [0.3, 0.4) is 0 Å². The number of nitrogens with zero attached hydrogens (tertiary/aromatic N) is 1. The molecule has 84 valence electrons. The summed E-state index contributed by atoms with van der Waals surface area (Å²) in [6, 6.07) is 0. The number of rotatable bonds is 3. The van der Waals surface area contributed by atoms with Crippen LogP contribution >= 0.6 is 11.3 Å². The van der Waals surface area contributed by atoms with Crippen LogP contribution in [0.5, 0.6) is 0 Å². The monoisotopic (exact) mass is 226 g/mol. The van der Waals surface area contributed by atoms with Crippen molar-refractivity contribution in [3.05, 3.63) is 16.1 Å². The number of carbonyl (C=O) groups excluding carboxylic acids is 1. The van der Waals surface area contributed by atoms with Gasteiger partial charge >= 0.3 is 0 Å². The van der Waals surface area contributed by atoms with E-state index in [9.17, 15) is 4.79 Å². The van der Waals surface area contributed by atoms with Gasteiger partial charge in [-0.1, -0.05) is 20.8 Å². The third-order valence-electron chi connectivity index (χ3n) is 1.97. The molecule has 0 bridgehead atoms. The lowest BCUT2D eigenvalue weighted by Crippen LogP contribution is -2.35. The second-order valence-electron chi connectivity index (χ2n) is 4.62. The highest BCUT2D eigenvalue weighted by Gasteiger charge is 2.20. The summed E-state index contributed by atoms with van der Waals surface area (Å²) in [7, 11) is 0. The van der Waals surface area contributed by atoms with Crippen molar-refractivity contribution in [2.75, 3.05) is 6.54 Å². The molecule has 15 heavy (non-hydrogen) atoms. The molecule has 0 aromatic carbocycles. The average Bonchev–Trinajstić information content (AvgIpc) is 2.49. The van der Waals surface area contributed by atoms with Crippen LogP contribution in [-0.2, 0) is 11.2 Å². The third kappa shape index (κ3) is 4.00. The summed E-state index contributed by atoms with van der Waals surface area (Å²) < 4.78 is 0. The molecule has 0 unspecified atom stereocenters. The highest BCUT2D eigenvalue weighted by molar-refractivity contribution is 7.11. The minimum absolute atomic E-state index is 0.0933. The molecule has 1 aromatic rings. The molecule has 1 amide bonds. The van der Waals surface area contributed by atoms with Crippen molar-refractivity contribution < 1.29 is 4.79 Å². The third-order valence-corrected chi connectivity index (χ3v) is 2.95. The summed E-state index contributed by atoms with van der Waals surface area (Å²) in [6.45, 7) is 8.44. The molecule has 0 aliphatic heterocycles. The molecule has 0 atom stereocenters. The molecule has 1 aromatic heterocycles. The van der Waals surface area contributed by atoms with Gasteiger partial charge in [0.25, 0.3) is 0 Å². The fourth-order valence-corrected chi connectivity index (χ4v) is 1.85. The molecule has 1 rings (SSSR count). The zero-order valence-corrected chi connectivity index (χ0v) is 10.6. The smallest absolute Gasteiger partial charge is 0.225 e. The minimum atomic E-state index is -0.307. The quantitative estimate of drug-likeness (QED) is 0.858. The fourth-order valence-electron chi connectivity index (χ4n) is 1.07. The van der Waals surface area contributed by atoms with E-state index in [2.05, 4.69) is 10.3 Å². The van der Waals surface area contributed by atoms with E-state index in [1.54, 1.807) is 11.3 Å². The van der Waals surface area contributed by atoms with Crippen molar-refractivity contribution in [3.63, 3.8) is 0 Å². The normalized spacial score (nSPS) is 11.5. The highest BCUT2D eigenvalue weighted by Crippen LogP contribution is 2.13. The lowest BCUT2D eigenvalue weighted by atomic mass is 9.96. The van der Waals surface area contributed by atoms with Gasteiger partial charge in [0.15, 0.2) is 0 Å². The van der Waals surface area contributed by atoms with Gasteiger partial charge in [-0.05, 0) is 6.92 Å². The summed E-state index contributed by atoms with van der Waals surface area (Å²) in [5, 5.41) is 3.99. The van der Waals surface area contributed by atoms with E-state index < -0.39 is 0 Å². The molecule has 0 spiro atoms. The average molecular weight is 226 g/mol. The van der Waals surface area contributed by atoms with Gasteiger partial charge in [0.1, 0.15) is 0 Å². The predicted molar refractivity (Wildman–Crippen MR) is 63.0 cm³/mol. The van der Waals surface area contributed by atoms with Crippen LogP contribution in [0.2, 0.25) is 0 Å². The molecule has 0 aliphatic rings. The number of amides is 1. The van der Waals surface area contributed by atoms with Crippen LogP contribution in [0.4, 0.5) is 0 Å². The first-order valence-corrected chi connectivity index (χ1v) is 5.91. The van der Waals surface area contributed by atoms with E-state index in [0.29, 0.717) is 6.54 Å². The maximum absolute atomic E-state index is 11.5. The van der Waals surface area contributed by atoms with Crippen molar-refractivity contribution in [3.8, 4) is 0 Å². The van der Waals surface area contributed by atoms with Crippen LogP contribution in [0, 0.1) is 12.3 Å². The number of aromatic nitrogens is 1. The highest BCUT2D eigenvalue weighted by atomic mass is 32.1. The van der Waals surface area contributed by atoms with E-state index in [-0.39, 0.29) is 11.3 Å². The van der Waals surface area contributed by atoms with E-state index in [4.69, 9.17) is 0 Å². The van der Waals surface area contributed by atoms with Gasteiger partial charge in [-0.15, -0.1) is 11.3 Å². The fraction of sp³-hybridized carbons (Fsp3) is 0.636. The zero-order valence-electron chi connectivity index (χ0n) is 9.76. The van der Waals surface area contributed by atoms with Crippen molar-refractivity contribution >= 4 is 17.2 Å². The van der Waals surface area contributed by atoms with E-state index in [1.165, 1.54) is 4.88 Å². The maximum Gasteiger partial charge on any atom is 0.225 e. The van der Waals surface area contributed by atoms with E-state index in [1.807, 2.05) is 33.9 Å². The molecule has 0 aliphatic carbocycles. The van der Waals surface area contributed by atoms with E-state index in [0.717, 1.165) is 11.4 Å². The Morgan fingerprint density at radius 1 is 1.53 bits per heavy atom. The van der Waals surface area contributed by atoms with Crippen LogP contribution in [0.1, 0.15) is 30.7 Å². The summed E-state index contributed by atoms with van der Waals surface area (Å²) in [4.78, 5) is 17.0. The topological polar surface area (TPSA) is 42.0 Å². The van der Waals surface area contributed by atoms with Crippen LogP contribution in [-0.4, -0.2) is 17.4 Å². The largest absolute Gasteiger partial charge is 0.355 e. The molecule has 1 heterocycles. The predicted octanol–water partition coefficient (Wildman–Crippen LogP) is 2.16. The molecule has 0 radical (unpaired) electrons. The van der Waals surface area contributed by atoms with Gasteiger partial charge < -0.3 is 5.32 Å². The Bertz CT molecular complexity index is 339. The number of carbonyl (C=O) groups is 1. The number of aryl methyl sites for hydroxylation is 1. The van der Waals surface area contributed by atoms with E-state index >= 15 is 0 Å². The lowest BCUT2D eigenvalue weighted by Gasteiger charge is -2.17. The molecular formula is C11H18N2OS. The number of hydrogen-bond donors (Lipinski definition) is 1. The van der Waals surface area contributed by atoms with Gasteiger partial charge in [-0.3, -0.25) is 4.79 Å². The maximum atomic E-state index is 11.5. The van der Waals surface area contributed by atoms with Gasteiger partial charge in [0.2, 0.25) is 5.91 Å². The zero-order chi connectivity index (χ0) is 11.5. The Morgan fingerprint density at radius 2 is 2.20 bits per heavy atom. The summed E-state index contributed by atoms with van der Waals surface area (Å²) in [6.07, 6.45) is 2.69. The van der Waals surface area contributed by atoms with Crippen molar-refractivity contribution in [2.45, 2.75) is 34.1 Å². The molecule has 4 heteroatoms. The molecule has 0 fully saturated rings. The molecule has 0 saturated carbocycles. The molecular weight excluding hydrogens is 208 g/mol. The van der Waals surface area contributed by atoms with Gasteiger partial charge in [-0.25, -0.2) is 4.98 Å². The number of hydrogen-bond acceptors (Lipinski definition) is 3. The molecule has 3 nitrogen and oxygen atoms in total. The summed E-state index contributed by atoms with van der Waals surface area (Å²) in [5.74, 6) is 0.0933. The van der Waals surface area contributed by atoms with Crippen molar-refractivity contribution in [1.29, 1.82) is 0 Å². The van der Waals surface area contributed by atoms with Gasteiger partial charge in [0, 0.05) is 29.5 Å². The Labute approximate surface area is 94.9 Å². The number of nitrogens with one attached hydrogen (secondary N) is 1. The molecule has 1 N–H and O–H groups in total. The lowest BCUT2D eigenvalue weighted by molar-refractivity contribution is -0.128. The Morgan fingerprint density at radius 3 is 2.67 bits per heavy atom. The second-order valence-corrected chi connectivity index (χ2v) is 5.94. The SMILES string of the molecule is Cc1cnc(CCNC(=O)C(C)(C)C)s1. The summed E-state index contributed by atoms with van der Waals surface area (Å²) >= 11 is 1.68. The minimum Gasteiger partial charge on any atom is -0.355 e. The Balaban J connectivity index is 2.31. The van der Waals surface area contributed by atoms with Gasteiger partial charge in [0.05, 0.1) is 5.01 Å². The summed E-state index contributed by atoms with van der Waals surface area (Å²) in [5.41, 5.74) is -0.307. The standard InChI is InChI=1S/C11H18N2OS/c1-8-7-13-9(15-8)5-6-12-10(14)11(2,3)4/h7H,5-6H2,1-4H3,(H,12,14). The second kappa shape index (κ2) is 4.75. The van der Waals surface area contributed by atoms with Crippen LogP contribution in [0.25, 0.3) is 0 Å². The first kappa shape index (κ1) is 12.2.